The number of aromatic amines is 1. The standard InChI is InChI=1S/C28H25FN4O/c29-21-6-3-5-19(17-21)18-33-26-10-2-1-8-25(26)31-27(33)20-12-15-32(16-13-20)28(34)23-7-4-9-24-22(23)11-14-30-24/h1-11,14,17,20,30H,12-13,15-16,18H2. The Morgan fingerprint density at radius 1 is 1.00 bits per heavy atom. The van der Waals surface area contributed by atoms with Crippen molar-refractivity contribution in [3.05, 3.63) is 102 Å². The van der Waals surface area contributed by atoms with Crippen molar-refractivity contribution in [3.63, 3.8) is 0 Å². The van der Waals surface area contributed by atoms with Crippen LogP contribution in [0.15, 0.2) is 79.0 Å². The van der Waals surface area contributed by atoms with Gasteiger partial charge in [-0.2, -0.15) is 0 Å². The van der Waals surface area contributed by atoms with E-state index < -0.39 is 0 Å². The van der Waals surface area contributed by atoms with Crippen molar-refractivity contribution in [3.8, 4) is 0 Å². The maximum absolute atomic E-state index is 13.8. The van der Waals surface area contributed by atoms with E-state index in [0.29, 0.717) is 19.6 Å². The molecule has 0 aliphatic carbocycles. The first kappa shape index (κ1) is 20.7. The third-order valence-corrected chi connectivity index (χ3v) is 6.89. The first-order valence-electron chi connectivity index (χ1n) is 11.7. The van der Waals surface area contributed by atoms with E-state index in [9.17, 15) is 9.18 Å². The van der Waals surface area contributed by atoms with Crippen molar-refractivity contribution in [2.24, 2.45) is 0 Å². The highest BCUT2D eigenvalue weighted by Crippen LogP contribution is 2.32. The summed E-state index contributed by atoms with van der Waals surface area (Å²) < 4.78 is 16.1. The molecule has 5 aromatic rings. The Morgan fingerprint density at radius 3 is 2.68 bits per heavy atom. The SMILES string of the molecule is O=C(c1cccc2[nH]ccc12)N1CCC(c2nc3ccccc3n2Cc2cccc(F)c2)CC1. The molecule has 5 nitrogen and oxygen atoms in total. The zero-order valence-corrected chi connectivity index (χ0v) is 18.7. The maximum Gasteiger partial charge on any atom is 0.254 e. The fourth-order valence-electron chi connectivity index (χ4n) is 5.17. The number of para-hydroxylation sites is 2. The van der Waals surface area contributed by atoms with E-state index in [0.717, 1.165) is 51.7 Å². The van der Waals surface area contributed by atoms with E-state index in [4.69, 9.17) is 4.98 Å². The number of carbonyl (C=O) groups excluding carboxylic acids is 1. The number of piperidine rings is 1. The van der Waals surface area contributed by atoms with Gasteiger partial charge in [0.05, 0.1) is 11.0 Å². The zero-order chi connectivity index (χ0) is 23.1. The number of H-pyrrole nitrogens is 1. The fraction of sp³-hybridized carbons (Fsp3) is 0.214. The Balaban J connectivity index is 1.26. The van der Waals surface area contributed by atoms with E-state index in [1.165, 1.54) is 6.07 Å². The number of nitrogens with zero attached hydrogens (tertiary/aromatic N) is 3. The summed E-state index contributed by atoms with van der Waals surface area (Å²) in [5, 5.41) is 0.964. The van der Waals surface area contributed by atoms with Gasteiger partial charge >= 0.3 is 0 Å². The number of hydrogen-bond donors (Lipinski definition) is 1. The summed E-state index contributed by atoms with van der Waals surface area (Å²) in [7, 11) is 0. The lowest BCUT2D eigenvalue weighted by atomic mass is 9.95. The Bertz CT molecular complexity index is 1490. The largest absolute Gasteiger partial charge is 0.361 e. The van der Waals surface area contributed by atoms with Gasteiger partial charge in [-0.15, -0.1) is 0 Å². The number of imidazole rings is 1. The first-order valence-corrected chi connectivity index (χ1v) is 11.7. The van der Waals surface area contributed by atoms with Gasteiger partial charge in [0.15, 0.2) is 0 Å². The highest BCUT2D eigenvalue weighted by atomic mass is 19.1. The summed E-state index contributed by atoms with van der Waals surface area (Å²) in [5.74, 6) is 1.11. The molecule has 1 fully saturated rings. The number of nitrogens with one attached hydrogen (secondary N) is 1. The van der Waals surface area contributed by atoms with Crippen LogP contribution in [0.4, 0.5) is 4.39 Å². The number of benzene rings is 3. The quantitative estimate of drug-likeness (QED) is 0.379. The molecule has 170 valence electrons. The Hall–Kier alpha value is -3.93. The van der Waals surface area contributed by atoms with Crippen LogP contribution in [0.1, 0.15) is 40.5 Å². The molecule has 0 spiro atoms. The van der Waals surface area contributed by atoms with E-state index in [1.807, 2.05) is 59.6 Å². The van der Waals surface area contributed by atoms with Crippen LogP contribution in [0.2, 0.25) is 0 Å². The lowest BCUT2D eigenvalue weighted by Gasteiger charge is -2.32. The highest BCUT2D eigenvalue weighted by molar-refractivity contribution is 6.06. The minimum Gasteiger partial charge on any atom is -0.361 e. The molecule has 1 amide bonds. The van der Waals surface area contributed by atoms with Gasteiger partial charge in [0, 0.05) is 48.2 Å². The number of amides is 1. The first-order chi connectivity index (χ1) is 16.7. The average Bonchev–Trinajstić information content (AvgIpc) is 3.49. The third-order valence-electron chi connectivity index (χ3n) is 6.89. The Labute approximate surface area is 196 Å². The molecule has 1 aliphatic heterocycles. The molecule has 1 N–H and O–H groups in total. The van der Waals surface area contributed by atoms with Crippen molar-refractivity contribution >= 4 is 27.8 Å². The molecule has 0 bridgehead atoms. The van der Waals surface area contributed by atoms with Crippen molar-refractivity contribution in [1.29, 1.82) is 0 Å². The predicted molar refractivity (Wildman–Crippen MR) is 131 cm³/mol. The second kappa shape index (κ2) is 8.45. The van der Waals surface area contributed by atoms with Crippen LogP contribution >= 0.6 is 0 Å². The summed E-state index contributed by atoms with van der Waals surface area (Å²) in [6.45, 7) is 1.95. The minimum atomic E-state index is -0.229. The molecule has 0 atom stereocenters. The predicted octanol–water partition coefficient (Wildman–Crippen LogP) is 5.72. The van der Waals surface area contributed by atoms with Crippen LogP contribution in [0.3, 0.4) is 0 Å². The van der Waals surface area contributed by atoms with E-state index in [2.05, 4.69) is 15.6 Å². The van der Waals surface area contributed by atoms with Gasteiger partial charge in [-0.1, -0.05) is 30.3 Å². The minimum absolute atomic E-state index is 0.0805. The summed E-state index contributed by atoms with van der Waals surface area (Å²) in [4.78, 5) is 23.4. The molecule has 1 saturated heterocycles. The van der Waals surface area contributed by atoms with E-state index in [-0.39, 0.29) is 17.6 Å². The second-order valence-electron chi connectivity index (χ2n) is 8.99. The molecule has 6 heteroatoms. The number of fused-ring (bicyclic) bond motifs is 2. The maximum atomic E-state index is 13.8. The molecule has 3 heterocycles. The van der Waals surface area contributed by atoms with Crippen LogP contribution in [0.25, 0.3) is 21.9 Å². The van der Waals surface area contributed by atoms with Crippen LogP contribution in [-0.2, 0) is 6.54 Å². The molecule has 0 saturated carbocycles. The zero-order valence-electron chi connectivity index (χ0n) is 18.7. The van der Waals surface area contributed by atoms with E-state index >= 15 is 0 Å². The van der Waals surface area contributed by atoms with Crippen LogP contribution < -0.4 is 0 Å². The van der Waals surface area contributed by atoms with Gasteiger partial charge < -0.3 is 14.5 Å². The fourth-order valence-corrected chi connectivity index (χ4v) is 5.17. The van der Waals surface area contributed by atoms with Crippen LogP contribution in [-0.4, -0.2) is 38.4 Å². The van der Waals surface area contributed by atoms with Gasteiger partial charge in [-0.05, 0) is 60.9 Å². The number of hydrogen-bond acceptors (Lipinski definition) is 2. The number of aromatic nitrogens is 3. The molecule has 34 heavy (non-hydrogen) atoms. The van der Waals surface area contributed by atoms with Crippen molar-refractivity contribution < 1.29 is 9.18 Å². The van der Waals surface area contributed by atoms with Crippen LogP contribution in [0.5, 0.6) is 0 Å². The van der Waals surface area contributed by atoms with Gasteiger partial charge in [0.1, 0.15) is 11.6 Å². The second-order valence-corrected chi connectivity index (χ2v) is 8.99. The molecular weight excluding hydrogens is 427 g/mol. The van der Waals surface area contributed by atoms with Gasteiger partial charge in [0.25, 0.3) is 5.91 Å². The van der Waals surface area contributed by atoms with Crippen LogP contribution in [0, 0.1) is 5.82 Å². The lowest BCUT2D eigenvalue weighted by molar-refractivity contribution is 0.0712. The molecule has 3 aromatic carbocycles. The summed E-state index contributed by atoms with van der Waals surface area (Å²) in [5.41, 5.74) is 4.64. The smallest absolute Gasteiger partial charge is 0.254 e. The highest BCUT2D eigenvalue weighted by Gasteiger charge is 2.28. The topological polar surface area (TPSA) is 53.9 Å². The van der Waals surface area contributed by atoms with Crippen molar-refractivity contribution in [2.75, 3.05) is 13.1 Å². The molecule has 1 aliphatic rings. The van der Waals surface area contributed by atoms with Crippen molar-refractivity contribution in [2.45, 2.75) is 25.3 Å². The monoisotopic (exact) mass is 452 g/mol. The summed E-state index contributed by atoms with van der Waals surface area (Å²) >= 11 is 0. The van der Waals surface area contributed by atoms with Crippen molar-refractivity contribution in [1.82, 2.24) is 19.4 Å². The number of carbonyl (C=O) groups is 1. The Kier molecular flexibility index (Phi) is 5.13. The summed E-state index contributed by atoms with van der Waals surface area (Å²) in [6, 6.07) is 22.6. The van der Waals surface area contributed by atoms with Gasteiger partial charge in [-0.3, -0.25) is 4.79 Å². The number of halogens is 1. The molecule has 6 rings (SSSR count). The number of likely N-dealkylation sites (tertiary alicyclic amines) is 1. The van der Waals surface area contributed by atoms with Gasteiger partial charge in [0.2, 0.25) is 0 Å². The van der Waals surface area contributed by atoms with Gasteiger partial charge in [-0.25, -0.2) is 9.37 Å². The van der Waals surface area contributed by atoms with E-state index in [1.54, 1.807) is 12.1 Å². The summed E-state index contributed by atoms with van der Waals surface area (Å²) in [6.07, 6.45) is 3.57. The third kappa shape index (κ3) is 3.65. The lowest BCUT2D eigenvalue weighted by Crippen LogP contribution is -2.38. The molecule has 0 unspecified atom stereocenters. The Morgan fingerprint density at radius 2 is 1.82 bits per heavy atom. The molecule has 0 radical (unpaired) electrons. The average molecular weight is 453 g/mol. The normalized spacial score (nSPS) is 14.8. The molecule has 2 aromatic heterocycles. The molecular formula is C28H25FN4O. The number of rotatable bonds is 4.